The van der Waals surface area contributed by atoms with E-state index in [2.05, 4.69) is 26.1 Å². The van der Waals surface area contributed by atoms with E-state index in [-0.39, 0.29) is 17.4 Å². The van der Waals surface area contributed by atoms with Crippen LogP contribution in [0.1, 0.15) is 0 Å². The van der Waals surface area contributed by atoms with Crippen LogP contribution in [0.2, 0.25) is 0 Å². The molecule has 1 aliphatic rings. The van der Waals surface area contributed by atoms with Crippen molar-refractivity contribution in [2.75, 3.05) is 43.7 Å². The van der Waals surface area contributed by atoms with Crippen molar-refractivity contribution in [3.05, 3.63) is 18.6 Å². The van der Waals surface area contributed by atoms with Crippen molar-refractivity contribution in [3.63, 3.8) is 0 Å². The zero-order chi connectivity index (χ0) is 17.2. The van der Waals surface area contributed by atoms with Crippen LogP contribution < -0.4 is 14.4 Å². The molecular formula is C14H16N5O4S. The van der Waals surface area contributed by atoms with Crippen molar-refractivity contribution < 1.29 is 17.9 Å². The van der Waals surface area contributed by atoms with Crippen molar-refractivity contribution in [1.29, 1.82) is 0 Å². The molecule has 127 valence electrons. The summed E-state index contributed by atoms with van der Waals surface area (Å²) in [6, 6.07) is 0. The van der Waals surface area contributed by atoms with Gasteiger partial charge in [-0.2, -0.15) is 4.98 Å². The first kappa shape index (κ1) is 16.4. The van der Waals surface area contributed by atoms with Gasteiger partial charge in [0.2, 0.25) is 11.8 Å². The number of nitrogens with zero attached hydrogens (tertiary/aromatic N) is 5. The first-order valence-corrected chi connectivity index (χ1v) is 9.00. The van der Waals surface area contributed by atoms with Gasteiger partial charge in [-0.05, 0) is 0 Å². The van der Waals surface area contributed by atoms with E-state index in [0.717, 1.165) is 0 Å². The molecule has 0 amide bonds. The Morgan fingerprint density at radius 3 is 2.54 bits per heavy atom. The van der Waals surface area contributed by atoms with Gasteiger partial charge in [0.1, 0.15) is 17.7 Å². The van der Waals surface area contributed by atoms with Gasteiger partial charge >= 0.3 is 0 Å². The maximum Gasteiger partial charge on any atom is 0.245 e. The Hall–Kier alpha value is -2.49. The van der Waals surface area contributed by atoms with Gasteiger partial charge in [-0.1, -0.05) is 0 Å². The Morgan fingerprint density at radius 2 is 1.88 bits per heavy atom. The highest BCUT2D eigenvalue weighted by Crippen LogP contribution is 2.27. The molecule has 1 radical (unpaired) electrons. The summed E-state index contributed by atoms with van der Waals surface area (Å²) >= 11 is 0. The minimum Gasteiger partial charge on any atom is -0.480 e. The second kappa shape index (κ2) is 6.56. The van der Waals surface area contributed by atoms with E-state index in [4.69, 9.17) is 9.47 Å². The Balaban J connectivity index is 1.91. The SMILES string of the molecule is COc1cnc(-c2[c]ncc(N3CCS(=O)(=O)CC3)n2)c(OC)n1. The van der Waals surface area contributed by atoms with Gasteiger partial charge in [-0.3, -0.25) is 0 Å². The quantitative estimate of drug-likeness (QED) is 0.752. The lowest BCUT2D eigenvalue weighted by Gasteiger charge is -2.27. The van der Waals surface area contributed by atoms with Crippen LogP contribution in [0.15, 0.2) is 12.4 Å². The van der Waals surface area contributed by atoms with Crippen LogP contribution in [-0.4, -0.2) is 67.2 Å². The summed E-state index contributed by atoms with van der Waals surface area (Å²) in [5.74, 6) is 1.35. The summed E-state index contributed by atoms with van der Waals surface area (Å²) in [4.78, 5) is 18.8. The van der Waals surface area contributed by atoms with Gasteiger partial charge in [0.25, 0.3) is 0 Å². The lowest BCUT2D eigenvalue weighted by atomic mass is 10.3. The molecule has 3 rings (SSSR count). The molecule has 10 heteroatoms. The minimum absolute atomic E-state index is 0.105. The highest BCUT2D eigenvalue weighted by molar-refractivity contribution is 7.91. The fourth-order valence-corrected chi connectivity index (χ4v) is 3.48. The van der Waals surface area contributed by atoms with Gasteiger partial charge in [0.05, 0.1) is 38.1 Å². The van der Waals surface area contributed by atoms with Crippen LogP contribution >= 0.6 is 0 Å². The van der Waals surface area contributed by atoms with Crippen LogP contribution in [-0.2, 0) is 9.84 Å². The Kier molecular flexibility index (Phi) is 4.47. The summed E-state index contributed by atoms with van der Waals surface area (Å²) in [6.45, 7) is 0.762. The van der Waals surface area contributed by atoms with Crippen molar-refractivity contribution >= 4 is 15.7 Å². The number of anilines is 1. The normalized spacial score (nSPS) is 16.7. The van der Waals surface area contributed by atoms with Crippen LogP contribution in [0, 0.1) is 6.20 Å². The molecule has 0 saturated carbocycles. The number of sulfone groups is 1. The number of hydrogen-bond acceptors (Lipinski definition) is 9. The molecule has 0 atom stereocenters. The maximum atomic E-state index is 11.5. The summed E-state index contributed by atoms with van der Waals surface area (Å²) < 4.78 is 33.3. The molecule has 1 saturated heterocycles. The lowest BCUT2D eigenvalue weighted by molar-refractivity contribution is 0.362. The second-order valence-electron chi connectivity index (χ2n) is 5.10. The average Bonchev–Trinajstić information content (AvgIpc) is 2.61. The Morgan fingerprint density at radius 1 is 1.12 bits per heavy atom. The van der Waals surface area contributed by atoms with Gasteiger partial charge in [-0.25, -0.2) is 23.4 Å². The van der Waals surface area contributed by atoms with Crippen molar-refractivity contribution in [1.82, 2.24) is 19.9 Å². The molecule has 1 fully saturated rings. The van der Waals surface area contributed by atoms with Gasteiger partial charge in [0, 0.05) is 13.1 Å². The third-order valence-corrected chi connectivity index (χ3v) is 5.20. The standard InChI is InChI=1S/C14H16N5O4S/c1-22-12-9-16-13(14(18-12)23-2)10-7-15-8-11(17-10)19-3-5-24(20,21)6-4-19/h8-9H,3-6H2,1-2H3. The highest BCUT2D eigenvalue weighted by Gasteiger charge is 2.23. The van der Waals surface area contributed by atoms with Crippen molar-refractivity contribution in [2.45, 2.75) is 0 Å². The molecule has 2 aromatic rings. The van der Waals surface area contributed by atoms with Crippen molar-refractivity contribution in [2.24, 2.45) is 0 Å². The van der Waals surface area contributed by atoms with Gasteiger partial charge < -0.3 is 14.4 Å². The predicted octanol–water partition coefficient (Wildman–Crippen LogP) is -0.0142. The fourth-order valence-electron chi connectivity index (χ4n) is 2.28. The topological polar surface area (TPSA) is 107 Å². The van der Waals surface area contributed by atoms with Crippen molar-refractivity contribution in [3.8, 4) is 23.1 Å². The molecule has 0 unspecified atom stereocenters. The Labute approximate surface area is 139 Å². The number of hydrogen-bond donors (Lipinski definition) is 0. The first-order valence-electron chi connectivity index (χ1n) is 7.18. The van der Waals surface area contributed by atoms with E-state index >= 15 is 0 Å². The van der Waals surface area contributed by atoms with E-state index in [1.165, 1.54) is 20.4 Å². The molecule has 2 aromatic heterocycles. The molecule has 1 aliphatic heterocycles. The minimum atomic E-state index is -2.96. The third kappa shape index (κ3) is 3.37. The maximum absolute atomic E-state index is 11.5. The summed E-state index contributed by atoms with van der Waals surface area (Å²) in [5.41, 5.74) is 0.755. The molecule has 0 aromatic carbocycles. The van der Waals surface area contributed by atoms with E-state index < -0.39 is 9.84 Å². The van der Waals surface area contributed by atoms with E-state index in [9.17, 15) is 8.42 Å². The Bertz CT molecular complexity index is 829. The molecule has 0 aliphatic carbocycles. The van der Waals surface area contributed by atoms with E-state index in [0.29, 0.717) is 36.2 Å². The summed E-state index contributed by atoms with van der Waals surface area (Å²) in [7, 11) is -0.0000809. The van der Waals surface area contributed by atoms with Crippen LogP contribution in [0.25, 0.3) is 11.4 Å². The molecule has 0 N–H and O–H groups in total. The molecule has 0 bridgehead atoms. The summed E-state index contributed by atoms with van der Waals surface area (Å²) in [5, 5.41) is 0. The van der Waals surface area contributed by atoms with Crippen LogP contribution in [0.3, 0.4) is 0 Å². The number of ether oxygens (including phenoxy) is 2. The fraction of sp³-hybridized carbons (Fsp3) is 0.429. The second-order valence-corrected chi connectivity index (χ2v) is 7.40. The molecular weight excluding hydrogens is 334 g/mol. The van der Waals surface area contributed by atoms with Gasteiger partial charge in [-0.15, -0.1) is 0 Å². The zero-order valence-corrected chi connectivity index (χ0v) is 14.1. The number of rotatable bonds is 4. The number of aromatic nitrogens is 4. The summed E-state index contributed by atoms with van der Waals surface area (Å²) in [6.07, 6.45) is 5.76. The molecule has 3 heterocycles. The smallest absolute Gasteiger partial charge is 0.245 e. The molecule has 9 nitrogen and oxygen atoms in total. The predicted molar refractivity (Wildman–Crippen MR) is 85.9 cm³/mol. The zero-order valence-electron chi connectivity index (χ0n) is 13.3. The first-order chi connectivity index (χ1) is 11.5. The molecule has 0 spiro atoms. The van der Waals surface area contributed by atoms with Crippen LogP contribution in [0.4, 0.5) is 5.82 Å². The van der Waals surface area contributed by atoms with E-state index in [1.807, 2.05) is 4.90 Å². The van der Waals surface area contributed by atoms with Crippen LogP contribution in [0.5, 0.6) is 11.8 Å². The average molecular weight is 350 g/mol. The highest BCUT2D eigenvalue weighted by atomic mass is 32.2. The molecule has 24 heavy (non-hydrogen) atoms. The lowest BCUT2D eigenvalue weighted by Crippen LogP contribution is -2.40. The van der Waals surface area contributed by atoms with Gasteiger partial charge in [0.15, 0.2) is 15.5 Å². The van der Waals surface area contributed by atoms with E-state index in [1.54, 1.807) is 6.20 Å². The monoisotopic (exact) mass is 350 g/mol. The largest absolute Gasteiger partial charge is 0.480 e. The number of methoxy groups -OCH3 is 2. The third-order valence-electron chi connectivity index (χ3n) is 3.59.